The average molecular weight is 558 g/mol. The highest BCUT2D eigenvalue weighted by Crippen LogP contribution is 2.41. The topological polar surface area (TPSA) is 3.24 Å². The van der Waals surface area contributed by atoms with E-state index in [4.69, 9.17) is 0 Å². The van der Waals surface area contributed by atoms with Gasteiger partial charge in [0.25, 0.3) is 0 Å². The molecule has 0 saturated carbocycles. The highest BCUT2D eigenvalue weighted by Gasteiger charge is 2.14. The Morgan fingerprint density at radius 3 is 2.17 bits per heavy atom. The van der Waals surface area contributed by atoms with E-state index in [0.717, 1.165) is 12.1 Å². The van der Waals surface area contributed by atoms with Gasteiger partial charge in [0.2, 0.25) is 0 Å². The molecule has 6 aromatic carbocycles. The van der Waals surface area contributed by atoms with Crippen molar-refractivity contribution in [3.8, 4) is 11.1 Å². The first-order valence-corrected chi connectivity index (χ1v) is 15.2. The van der Waals surface area contributed by atoms with E-state index < -0.39 is 0 Å². The highest BCUT2D eigenvalue weighted by atomic mass is 32.1. The molecule has 42 heavy (non-hydrogen) atoms. The number of nitrogens with zero attached hydrogens (tertiary/aromatic N) is 1. The molecule has 2 heteroatoms. The van der Waals surface area contributed by atoms with Crippen molar-refractivity contribution in [3.63, 3.8) is 0 Å². The van der Waals surface area contributed by atoms with Crippen LogP contribution in [0.1, 0.15) is 17.9 Å². The van der Waals surface area contributed by atoms with E-state index in [9.17, 15) is 0 Å². The zero-order valence-electron chi connectivity index (χ0n) is 23.4. The van der Waals surface area contributed by atoms with Gasteiger partial charge in [0.1, 0.15) is 0 Å². The van der Waals surface area contributed by atoms with Crippen LogP contribution in [0.3, 0.4) is 0 Å². The normalized spacial score (nSPS) is 12.3. The maximum Gasteiger partial charge on any atom is 0.0533 e. The van der Waals surface area contributed by atoms with Crippen molar-refractivity contribution >= 4 is 53.7 Å². The third-order valence-electron chi connectivity index (χ3n) is 8.04. The van der Waals surface area contributed by atoms with Gasteiger partial charge < -0.3 is 4.90 Å². The minimum atomic E-state index is 0.265. The number of thiophene rings is 1. The molecule has 1 unspecified atom stereocenters. The lowest BCUT2D eigenvalue weighted by Gasteiger charge is -2.23. The van der Waals surface area contributed by atoms with E-state index in [0.29, 0.717) is 0 Å². The molecule has 202 valence electrons. The fourth-order valence-corrected chi connectivity index (χ4v) is 7.12. The van der Waals surface area contributed by atoms with Crippen molar-refractivity contribution in [2.24, 2.45) is 0 Å². The van der Waals surface area contributed by atoms with E-state index in [1.807, 2.05) is 17.4 Å². The Balaban J connectivity index is 1.27. The summed E-state index contributed by atoms with van der Waals surface area (Å²) >= 11 is 1.88. The van der Waals surface area contributed by atoms with E-state index >= 15 is 0 Å². The summed E-state index contributed by atoms with van der Waals surface area (Å²) < 4.78 is 2.67. The molecule has 0 amide bonds. The van der Waals surface area contributed by atoms with Crippen molar-refractivity contribution in [2.45, 2.75) is 12.3 Å². The summed E-state index contributed by atoms with van der Waals surface area (Å²) in [5.74, 6) is 0.265. The lowest BCUT2D eigenvalue weighted by molar-refractivity contribution is 0.863. The lowest BCUT2D eigenvalue weighted by Crippen LogP contribution is -2.09. The Bertz CT molecular complexity index is 2030. The van der Waals surface area contributed by atoms with E-state index in [-0.39, 0.29) is 5.92 Å². The Kier molecular flexibility index (Phi) is 7.13. The summed E-state index contributed by atoms with van der Waals surface area (Å²) in [4.78, 5) is 2.32. The summed E-state index contributed by atoms with van der Waals surface area (Å²) in [6.07, 6.45) is 7.42. The zero-order chi connectivity index (χ0) is 28.3. The highest BCUT2D eigenvalue weighted by molar-refractivity contribution is 7.26. The molecule has 0 radical (unpaired) electrons. The second kappa shape index (κ2) is 11.5. The Morgan fingerprint density at radius 2 is 1.33 bits per heavy atom. The van der Waals surface area contributed by atoms with Gasteiger partial charge in [-0.1, -0.05) is 127 Å². The third kappa shape index (κ3) is 4.91. The summed E-state index contributed by atoms with van der Waals surface area (Å²) in [5, 5.41) is 5.12. The summed E-state index contributed by atoms with van der Waals surface area (Å²) in [7, 11) is 0. The molecule has 0 spiro atoms. The summed E-state index contributed by atoms with van der Waals surface area (Å²) in [6.45, 7) is 4.12. The average Bonchev–Trinajstić information content (AvgIpc) is 3.44. The van der Waals surface area contributed by atoms with Gasteiger partial charge in [-0.05, 0) is 52.8 Å². The first kappa shape index (κ1) is 26.0. The SMILES string of the molecule is C=CC(C/C=C/N(c1ccc(-c2cccc3c2sc2ccccc23)cc1)c1cccc2ccccc12)c1ccccc1. The van der Waals surface area contributed by atoms with Crippen LogP contribution in [-0.2, 0) is 0 Å². The van der Waals surface area contributed by atoms with Gasteiger partial charge in [-0.3, -0.25) is 0 Å². The molecule has 0 aliphatic rings. The predicted octanol–water partition coefficient (Wildman–Crippen LogP) is 11.9. The Labute approximate surface area is 251 Å². The Hall–Kier alpha value is -4.92. The fraction of sp³-hybridized carbons (Fsp3) is 0.0500. The number of hydrogen-bond acceptors (Lipinski definition) is 2. The molecular formula is C40H31NS. The second-order valence-electron chi connectivity index (χ2n) is 10.6. The van der Waals surface area contributed by atoms with Crippen LogP contribution in [0.5, 0.6) is 0 Å². The molecule has 0 bridgehead atoms. The van der Waals surface area contributed by atoms with Crippen LogP contribution < -0.4 is 4.90 Å². The first-order chi connectivity index (χ1) is 20.8. The van der Waals surface area contributed by atoms with Gasteiger partial charge in [-0.2, -0.15) is 0 Å². The molecule has 0 N–H and O–H groups in total. The van der Waals surface area contributed by atoms with Crippen LogP contribution in [0.2, 0.25) is 0 Å². The number of benzene rings is 6. The fourth-order valence-electron chi connectivity index (χ4n) is 5.88. The number of allylic oxidation sites excluding steroid dienone is 2. The van der Waals surface area contributed by atoms with Gasteiger partial charge in [0.15, 0.2) is 0 Å². The molecule has 0 fully saturated rings. The number of rotatable bonds is 8. The molecule has 7 rings (SSSR count). The second-order valence-corrected chi connectivity index (χ2v) is 11.6. The van der Waals surface area contributed by atoms with Crippen molar-refractivity contribution < 1.29 is 0 Å². The molecule has 0 aliphatic heterocycles. The summed E-state index contributed by atoms with van der Waals surface area (Å²) in [5.41, 5.74) is 6.09. The van der Waals surface area contributed by atoms with Crippen LogP contribution in [-0.4, -0.2) is 0 Å². The summed E-state index contributed by atoms with van der Waals surface area (Å²) in [6, 6.07) is 50.1. The van der Waals surface area contributed by atoms with Crippen LogP contribution >= 0.6 is 11.3 Å². The molecule has 7 aromatic rings. The first-order valence-electron chi connectivity index (χ1n) is 14.4. The number of anilines is 2. The van der Waals surface area contributed by atoms with E-state index in [1.54, 1.807) is 0 Å². The zero-order valence-corrected chi connectivity index (χ0v) is 24.2. The molecule has 1 atom stereocenters. The van der Waals surface area contributed by atoms with Gasteiger partial charge in [-0.25, -0.2) is 0 Å². The molecule has 1 heterocycles. The van der Waals surface area contributed by atoms with Crippen LogP contribution in [0.25, 0.3) is 42.1 Å². The minimum Gasteiger partial charge on any atom is -0.317 e. The molecular weight excluding hydrogens is 527 g/mol. The predicted molar refractivity (Wildman–Crippen MR) is 184 cm³/mol. The maximum absolute atomic E-state index is 4.12. The lowest BCUT2D eigenvalue weighted by atomic mass is 9.96. The minimum absolute atomic E-state index is 0.265. The third-order valence-corrected chi connectivity index (χ3v) is 9.26. The molecule has 0 saturated heterocycles. The number of hydrogen-bond donors (Lipinski definition) is 0. The quantitative estimate of drug-likeness (QED) is 0.168. The van der Waals surface area contributed by atoms with Crippen LogP contribution in [0, 0.1) is 0 Å². The van der Waals surface area contributed by atoms with Crippen molar-refractivity contribution in [1.29, 1.82) is 0 Å². The molecule has 0 aliphatic carbocycles. The van der Waals surface area contributed by atoms with Crippen LogP contribution in [0.15, 0.2) is 164 Å². The molecule has 1 nitrogen and oxygen atoms in total. The van der Waals surface area contributed by atoms with Gasteiger partial charge >= 0.3 is 0 Å². The van der Waals surface area contributed by atoms with E-state index in [2.05, 4.69) is 163 Å². The van der Waals surface area contributed by atoms with Gasteiger partial charge in [0.05, 0.1) is 5.69 Å². The van der Waals surface area contributed by atoms with Crippen LogP contribution in [0.4, 0.5) is 11.4 Å². The largest absolute Gasteiger partial charge is 0.317 e. The van der Waals surface area contributed by atoms with Gasteiger partial charge in [0, 0.05) is 43.4 Å². The molecule has 1 aromatic heterocycles. The maximum atomic E-state index is 4.12. The Morgan fingerprint density at radius 1 is 0.643 bits per heavy atom. The van der Waals surface area contributed by atoms with Crippen molar-refractivity contribution in [3.05, 3.63) is 170 Å². The van der Waals surface area contributed by atoms with E-state index in [1.165, 1.54) is 53.3 Å². The van der Waals surface area contributed by atoms with Crippen molar-refractivity contribution in [2.75, 3.05) is 4.90 Å². The standard InChI is InChI=1S/C40H31NS/c1-2-29(30-13-4-3-5-14-30)17-12-28-41(38-22-10-16-31-15-6-7-18-34(31)38)33-26-24-32(25-27-33)35-20-11-21-37-36-19-8-9-23-39(36)42-40(35)37/h2-16,18-29H,1,17H2/b28-12+. The smallest absolute Gasteiger partial charge is 0.0533 e. The monoisotopic (exact) mass is 557 g/mol. The van der Waals surface area contributed by atoms with Crippen molar-refractivity contribution in [1.82, 2.24) is 0 Å². The van der Waals surface area contributed by atoms with Gasteiger partial charge in [-0.15, -0.1) is 17.9 Å². The number of fused-ring (bicyclic) bond motifs is 4.